The van der Waals surface area contributed by atoms with Crippen molar-refractivity contribution in [2.75, 3.05) is 25.5 Å². The van der Waals surface area contributed by atoms with Gasteiger partial charge >= 0.3 is 0 Å². The maximum Gasteiger partial charge on any atom is 0.230 e. The summed E-state index contributed by atoms with van der Waals surface area (Å²) in [4.78, 5) is 11.8. The van der Waals surface area contributed by atoms with E-state index >= 15 is 0 Å². The van der Waals surface area contributed by atoms with E-state index in [0.29, 0.717) is 30.1 Å². The number of hydrogen-bond donors (Lipinski definition) is 2. The van der Waals surface area contributed by atoms with Crippen molar-refractivity contribution in [2.45, 2.75) is 0 Å². The number of rotatable bonds is 3. The number of carbonyl (C=O) groups is 1. The van der Waals surface area contributed by atoms with E-state index in [-0.39, 0.29) is 11.8 Å². The number of methoxy groups -OCH3 is 1. The number of nitrogens with zero attached hydrogens (tertiary/aromatic N) is 1. The first kappa shape index (κ1) is 11.4. The van der Waals surface area contributed by atoms with Crippen molar-refractivity contribution in [1.82, 2.24) is 5.32 Å². The molecule has 0 bridgehead atoms. The monoisotopic (exact) mass is 231 g/mol. The van der Waals surface area contributed by atoms with Crippen LogP contribution >= 0.6 is 0 Å². The fraction of sp³-hybridized carbons (Fsp3) is 0.333. The molecule has 2 N–H and O–H groups in total. The predicted octanol–water partition coefficient (Wildman–Crippen LogP) is 0.725. The van der Waals surface area contributed by atoms with E-state index < -0.39 is 0 Å². The molecule has 5 heteroatoms. The highest BCUT2D eigenvalue weighted by atomic mass is 16.5. The van der Waals surface area contributed by atoms with E-state index in [1.807, 2.05) is 6.07 Å². The molecule has 88 valence electrons. The number of hydrogen-bond acceptors (Lipinski definition) is 4. The van der Waals surface area contributed by atoms with Gasteiger partial charge in [-0.25, -0.2) is 0 Å². The summed E-state index contributed by atoms with van der Waals surface area (Å²) in [6, 6.07) is 7.13. The molecule has 0 radical (unpaired) electrons. The standard InChI is InChI=1S/C12H13N3O2/c1-17-10-4-2-3-8(5-13)11(10)15-12(16)9-6-14-7-9/h2-4,9,14H,6-7H2,1H3,(H,15,16). The third kappa shape index (κ3) is 2.22. The van der Waals surface area contributed by atoms with Crippen LogP contribution in [-0.2, 0) is 4.79 Å². The van der Waals surface area contributed by atoms with Crippen molar-refractivity contribution in [1.29, 1.82) is 5.26 Å². The van der Waals surface area contributed by atoms with Gasteiger partial charge < -0.3 is 15.4 Å². The molecule has 1 saturated heterocycles. The lowest BCUT2D eigenvalue weighted by Gasteiger charge is -2.26. The van der Waals surface area contributed by atoms with E-state index in [9.17, 15) is 4.79 Å². The van der Waals surface area contributed by atoms with Gasteiger partial charge in [-0.1, -0.05) is 6.07 Å². The Bertz CT molecular complexity index is 475. The number of para-hydroxylation sites is 1. The highest BCUT2D eigenvalue weighted by molar-refractivity contribution is 5.96. The van der Waals surface area contributed by atoms with Crippen LogP contribution in [0, 0.1) is 17.2 Å². The molecule has 0 aromatic heterocycles. The number of benzene rings is 1. The van der Waals surface area contributed by atoms with Crippen LogP contribution in [0.4, 0.5) is 5.69 Å². The SMILES string of the molecule is COc1cccc(C#N)c1NC(=O)C1CNC1. The minimum atomic E-state index is -0.0789. The zero-order valence-corrected chi connectivity index (χ0v) is 9.49. The van der Waals surface area contributed by atoms with Crippen LogP contribution in [0.25, 0.3) is 0 Å². The Hall–Kier alpha value is -2.06. The lowest BCUT2D eigenvalue weighted by atomic mass is 10.0. The summed E-state index contributed by atoms with van der Waals surface area (Å²) in [5.41, 5.74) is 0.861. The van der Waals surface area contributed by atoms with Crippen LogP contribution in [0.5, 0.6) is 5.75 Å². The first-order valence-electron chi connectivity index (χ1n) is 5.35. The molecule has 0 saturated carbocycles. The molecule has 5 nitrogen and oxygen atoms in total. The molecule has 1 fully saturated rings. The summed E-state index contributed by atoms with van der Waals surface area (Å²) in [7, 11) is 1.51. The minimum absolute atomic E-state index is 0.0218. The average molecular weight is 231 g/mol. The van der Waals surface area contributed by atoms with Gasteiger partial charge in [0.1, 0.15) is 17.5 Å². The van der Waals surface area contributed by atoms with E-state index in [2.05, 4.69) is 10.6 Å². The maximum absolute atomic E-state index is 11.8. The Morgan fingerprint density at radius 3 is 2.88 bits per heavy atom. The van der Waals surface area contributed by atoms with Crippen LogP contribution in [0.1, 0.15) is 5.56 Å². The van der Waals surface area contributed by atoms with Crippen molar-refractivity contribution in [3.63, 3.8) is 0 Å². The van der Waals surface area contributed by atoms with Gasteiger partial charge in [0.2, 0.25) is 5.91 Å². The zero-order valence-electron chi connectivity index (χ0n) is 9.49. The molecule has 1 heterocycles. The smallest absolute Gasteiger partial charge is 0.230 e. The van der Waals surface area contributed by atoms with Gasteiger partial charge in [0.05, 0.1) is 18.6 Å². The molecular formula is C12H13N3O2. The number of carbonyl (C=O) groups excluding carboxylic acids is 1. The van der Waals surface area contributed by atoms with Crippen molar-refractivity contribution in [3.8, 4) is 11.8 Å². The van der Waals surface area contributed by atoms with Crippen molar-refractivity contribution in [3.05, 3.63) is 23.8 Å². The van der Waals surface area contributed by atoms with Crippen molar-refractivity contribution < 1.29 is 9.53 Å². The zero-order chi connectivity index (χ0) is 12.3. The van der Waals surface area contributed by atoms with Gasteiger partial charge in [-0.3, -0.25) is 4.79 Å². The lowest BCUT2D eigenvalue weighted by Crippen LogP contribution is -2.48. The number of ether oxygens (including phenoxy) is 1. The average Bonchev–Trinajstić information content (AvgIpc) is 2.26. The molecule has 1 aromatic rings. The van der Waals surface area contributed by atoms with Gasteiger partial charge in [-0.15, -0.1) is 0 Å². The number of nitrogens with one attached hydrogen (secondary N) is 2. The molecular weight excluding hydrogens is 218 g/mol. The molecule has 0 spiro atoms. The second-order valence-electron chi connectivity index (χ2n) is 3.84. The van der Waals surface area contributed by atoms with Gasteiger partial charge in [-0.05, 0) is 12.1 Å². The highest BCUT2D eigenvalue weighted by Crippen LogP contribution is 2.28. The highest BCUT2D eigenvalue weighted by Gasteiger charge is 2.26. The van der Waals surface area contributed by atoms with Crippen LogP contribution in [0.3, 0.4) is 0 Å². The first-order valence-corrected chi connectivity index (χ1v) is 5.35. The molecule has 1 aliphatic rings. The molecule has 0 atom stereocenters. The largest absolute Gasteiger partial charge is 0.495 e. The number of amides is 1. The van der Waals surface area contributed by atoms with E-state index in [0.717, 1.165) is 0 Å². The molecule has 0 aliphatic carbocycles. The van der Waals surface area contributed by atoms with E-state index in [1.165, 1.54) is 7.11 Å². The Balaban J connectivity index is 2.23. The normalized spacial score (nSPS) is 14.6. The fourth-order valence-electron chi connectivity index (χ4n) is 1.62. The van der Waals surface area contributed by atoms with E-state index in [4.69, 9.17) is 10.00 Å². The third-order valence-corrected chi connectivity index (χ3v) is 2.77. The summed E-state index contributed by atoms with van der Waals surface area (Å²) in [5, 5.41) is 14.8. The van der Waals surface area contributed by atoms with E-state index in [1.54, 1.807) is 18.2 Å². The minimum Gasteiger partial charge on any atom is -0.495 e. The summed E-state index contributed by atoms with van der Waals surface area (Å²) >= 11 is 0. The van der Waals surface area contributed by atoms with Gasteiger partial charge in [-0.2, -0.15) is 5.26 Å². The van der Waals surface area contributed by atoms with Crippen LogP contribution < -0.4 is 15.4 Å². The van der Waals surface area contributed by atoms with Crippen LogP contribution in [-0.4, -0.2) is 26.1 Å². The summed E-state index contributed by atoms with van der Waals surface area (Å²) < 4.78 is 5.14. The lowest BCUT2D eigenvalue weighted by molar-refractivity contribution is -0.121. The summed E-state index contributed by atoms with van der Waals surface area (Å²) in [6.45, 7) is 1.37. The first-order chi connectivity index (χ1) is 8.26. The van der Waals surface area contributed by atoms with Crippen LogP contribution in [0.15, 0.2) is 18.2 Å². The molecule has 17 heavy (non-hydrogen) atoms. The Morgan fingerprint density at radius 1 is 1.59 bits per heavy atom. The summed E-state index contributed by atoms with van der Waals surface area (Å²) in [5.74, 6) is 0.404. The molecule has 0 unspecified atom stereocenters. The second kappa shape index (κ2) is 4.85. The van der Waals surface area contributed by atoms with Gasteiger partial charge in [0.25, 0.3) is 0 Å². The quantitative estimate of drug-likeness (QED) is 0.804. The second-order valence-corrected chi connectivity index (χ2v) is 3.84. The summed E-state index contributed by atoms with van der Waals surface area (Å²) in [6.07, 6.45) is 0. The van der Waals surface area contributed by atoms with Gasteiger partial charge in [0, 0.05) is 13.1 Å². The van der Waals surface area contributed by atoms with Crippen molar-refractivity contribution in [2.24, 2.45) is 5.92 Å². The number of nitriles is 1. The topological polar surface area (TPSA) is 74.1 Å². The Kier molecular flexibility index (Phi) is 3.26. The molecule has 2 rings (SSSR count). The fourth-order valence-corrected chi connectivity index (χ4v) is 1.62. The Morgan fingerprint density at radius 2 is 2.35 bits per heavy atom. The van der Waals surface area contributed by atoms with Crippen molar-refractivity contribution >= 4 is 11.6 Å². The Labute approximate surface area is 99.4 Å². The predicted molar refractivity (Wildman–Crippen MR) is 62.7 cm³/mol. The molecule has 1 amide bonds. The van der Waals surface area contributed by atoms with Gasteiger partial charge in [0.15, 0.2) is 0 Å². The molecule has 1 aliphatic heterocycles. The maximum atomic E-state index is 11.8. The third-order valence-electron chi connectivity index (χ3n) is 2.77. The van der Waals surface area contributed by atoms with Crippen LogP contribution in [0.2, 0.25) is 0 Å². The molecule has 1 aromatic carbocycles. The number of anilines is 1.